The Morgan fingerprint density at radius 1 is 0.863 bits per heavy atom. The number of hydrogen-bond acceptors (Lipinski definition) is 13. The Labute approximate surface area is 476 Å². The molecule has 7 rings (SSSR count). The van der Waals surface area contributed by atoms with Crippen molar-refractivity contribution in [2.45, 2.75) is 189 Å². The van der Waals surface area contributed by atoms with Crippen LogP contribution in [0, 0.1) is 63.1 Å². The van der Waals surface area contributed by atoms with Gasteiger partial charge in [0.25, 0.3) is 0 Å². The molecule has 2 aromatic rings. The van der Waals surface area contributed by atoms with Crippen molar-refractivity contribution in [1.29, 1.82) is 5.26 Å². The molecule has 0 saturated heterocycles. The van der Waals surface area contributed by atoms with Crippen LogP contribution in [0.25, 0.3) is 10.2 Å². The third kappa shape index (κ3) is 13.9. The molecule has 80 heavy (non-hydrogen) atoms. The molecule has 5 aliphatic carbocycles. The number of hydrogen-bond donors (Lipinski definition) is 5. The highest BCUT2D eigenvalue weighted by Crippen LogP contribution is 2.68. The normalized spacial score (nSPS) is 27.4. The van der Waals surface area contributed by atoms with Crippen molar-refractivity contribution in [2.75, 3.05) is 33.2 Å². The number of carboxylic acids is 1. The van der Waals surface area contributed by atoms with Gasteiger partial charge in [-0.15, -0.1) is 11.3 Å². The molecule has 4 amide bonds. The number of aliphatic hydroxyl groups is 2. The number of aliphatic carboxylic acids is 1. The summed E-state index contributed by atoms with van der Waals surface area (Å²) in [5.41, 5.74) is 1.37. The Morgan fingerprint density at radius 2 is 1.57 bits per heavy atom. The number of carbonyl (C=O) groups excluding carboxylic acids is 6. The highest BCUT2D eigenvalue weighted by atomic mass is 32.1. The van der Waals surface area contributed by atoms with Gasteiger partial charge in [-0.25, -0.2) is 14.6 Å². The van der Waals surface area contributed by atoms with Gasteiger partial charge in [-0.3, -0.25) is 24.0 Å². The van der Waals surface area contributed by atoms with E-state index in [4.69, 9.17) is 4.74 Å². The topological polar surface area (TPSA) is 257 Å². The van der Waals surface area contributed by atoms with Crippen molar-refractivity contribution in [2.24, 2.45) is 51.8 Å². The SMILES string of the molecule is CC1=C(C)C(=O)C(C(C)(C)CC(=O)N(C)CCN(CCCCCC(=O)NCCCCC(NC(=O)CC[C@@H](C)[C@H]2CC[C@H]3[C@@H]4[C@H](O)CC5C[C@H](O)CCC5(C)[C@H]4CC[C@]23C)C(=O)O)C(=O)Oc2ccc3nc(C#N)sc3c2)=C(C)C1=O. The molecule has 4 fully saturated rings. The van der Waals surface area contributed by atoms with Crippen LogP contribution in [0.1, 0.15) is 176 Å². The van der Waals surface area contributed by atoms with Gasteiger partial charge in [0.05, 0.1) is 22.4 Å². The van der Waals surface area contributed by atoms with E-state index in [1.54, 1.807) is 59.9 Å². The van der Waals surface area contributed by atoms with E-state index >= 15 is 0 Å². The molecule has 11 atom stereocenters. The summed E-state index contributed by atoms with van der Waals surface area (Å²) in [6.45, 7) is 16.4. The van der Waals surface area contributed by atoms with Crippen molar-refractivity contribution in [3.05, 3.63) is 45.5 Å². The Morgan fingerprint density at radius 3 is 2.30 bits per heavy atom. The Bertz CT molecular complexity index is 2780. The van der Waals surface area contributed by atoms with Gasteiger partial charge >= 0.3 is 12.1 Å². The average Bonchev–Trinajstić information content (AvgIpc) is 4.12. The van der Waals surface area contributed by atoms with Crippen LogP contribution in [0.15, 0.2) is 40.5 Å². The second-order valence-corrected chi connectivity index (χ2v) is 26.5. The number of ketones is 2. The van der Waals surface area contributed by atoms with Crippen molar-refractivity contribution in [3.8, 4) is 11.8 Å². The van der Waals surface area contributed by atoms with Gasteiger partial charge in [0.2, 0.25) is 17.7 Å². The molecule has 0 aliphatic heterocycles. The molecule has 1 heterocycles. The van der Waals surface area contributed by atoms with Crippen LogP contribution >= 0.6 is 11.3 Å². The van der Waals surface area contributed by atoms with Gasteiger partial charge in [0.1, 0.15) is 17.9 Å². The summed E-state index contributed by atoms with van der Waals surface area (Å²) >= 11 is 1.18. The number of unbranched alkanes of at least 4 members (excludes halogenated alkanes) is 3. The predicted molar refractivity (Wildman–Crippen MR) is 305 cm³/mol. The van der Waals surface area contributed by atoms with Gasteiger partial charge in [-0.1, -0.05) is 41.0 Å². The number of thiazole rings is 1. The number of nitrogens with zero attached hydrogens (tertiary/aromatic N) is 4. The number of carbonyl (C=O) groups is 7. The van der Waals surface area contributed by atoms with Crippen molar-refractivity contribution in [3.63, 3.8) is 0 Å². The van der Waals surface area contributed by atoms with Gasteiger partial charge in [-0.05, 0) is 169 Å². The van der Waals surface area contributed by atoms with Gasteiger partial charge in [-0.2, -0.15) is 5.26 Å². The number of allylic oxidation sites excluding steroid dienone is 4. The summed E-state index contributed by atoms with van der Waals surface area (Å²) in [4.78, 5) is 99.3. The molecule has 18 heteroatoms. The van der Waals surface area contributed by atoms with Gasteiger partial charge in [0.15, 0.2) is 16.6 Å². The number of likely N-dealkylation sites (N-methyl/N-ethyl adjacent to an activating group) is 1. The van der Waals surface area contributed by atoms with Crippen molar-refractivity contribution in [1.82, 2.24) is 25.4 Å². The van der Waals surface area contributed by atoms with E-state index in [-0.39, 0.29) is 120 Å². The van der Waals surface area contributed by atoms with Gasteiger partial charge in [0, 0.05) is 86.3 Å². The van der Waals surface area contributed by atoms with E-state index < -0.39 is 23.5 Å². The third-order valence-corrected chi connectivity index (χ3v) is 20.9. The number of ether oxygens (including phenoxy) is 1. The molecule has 5 aliphatic rings. The number of benzene rings is 1. The predicted octanol–water partition coefficient (Wildman–Crippen LogP) is 9.47. The molecule has 1 aromatic heterocycles. The summed E-state index contributed by atoms with van der Waals surface area (Å²) in [7, 11) is 1.62. The molecule has 1 aromatic carbocycles. The maximum absolute atomic E-state index is 13.7. The largest absolute Gasteiger partial charge is 0.480 e. The van der Waals surface area contributed by atoms with Crippen LogP contribution in [0.2, 0.25) is 0 Å². The minimum Gasteiger partial charge on any atom is -0.480 e. The number of carboxylic acid groups (broad SMARTS) is 1. The zero-order valence-corrected chi connectivity index (χ0v) is 49.6. The maximum atomic E-state index is 13.7. The van der Waals surface area contributed by atoms with Crippen LogP contribution in [0.4, 0.5) is 4.79 Å². The first kappa shape index (κ1) is 62.1. The first-order valence-electron chi connectivity index (χ1n) is 29.4. The smallest absolute Gasteiger partial charge is 0.415 e. The van der Waals surface area contributed by atoms with Crippen molar-refractivity contribution < 1.29 is 53.6 Å². The molecule has 438 valence electrons. The number of aromatic nitrogens is 1. The summed E-state index contributed by atoms with van der Waals surface area (Å²) in [6, 6.07) is 5.93. The standard InChI is InChI=1S/C62H88N6O11S/c1-36(43-19-20-44-54-45(24-26-62(43,44)8)61(7)25-23-41(69)31-40(61)32-48(54)70)17-22-51(72)65-47(58(76)77)15-12-13-27-64-50(71)16-11-10-14-28-68(59(78)79-42-18-21-46-49(33-42)80-52(35-63)66-46)30-29-67(9)53(73)34-60(5,6)55-39(4)56(74)37(2)38(3)57(55)75/h18,21,33,36,40-41,43-45,47-48,54,69-70H,10-17,19-20,22-32,34H2,1-9H3,(H,64,71)(H,65,72)(H,76,77)/t36-,40?,41-,43-,44+,45+,47?,48-,54+,61?,62-/m1/s1. The second-order valence-electron chi connectivity index (χ2n) is 25.5. The minimum atomic E-state index is -1.09. The number of nitriles is 1. The Balaban J connectivity index is 0.817. The fourth-order valence-corrected chi connectivity index (χ4v) is 16.0. The molecule has 0 radical (unpaired) electrons. The molecule has 0 spiro atoms. The number of fused-ring (bicyclic) bond motifs is 6. The summed E-state index contributed by atoms with van der Waals surface area (Å²) in [6.07, 6.45) is 10.6. The highest BCUT2D eigenvalue weighted by Gasteiger charge is 2.63. The van der Waals surface area contributed by atoms with E-state index in [1.807, 2.05) is 6.07 Å². The lowest BCUT2D eigenvalue weighted by atomic mass is 9.43. The monoisotopic (exact) mass is 1120 g/mol. The molecule has 17 nitrogen and oxygen atoms in total. The first-order valence-corrected chi connectivity index (χ1v) is 30.3. The minimum absolute atomic E-state index is 0.0422. The number of rotatable bonds is 24. The summed E-state index contributed by atoms with van der Waals surface area (Å²) in [5, 5.41) is 47.4. The van der Waals surface area contributed by atoms with Crippen LogP contribution in [0.5, 0.6) is 5.75 Å². The fourth-order valence-electron chi connectivity index (χ4n) is 15.2. The Hall–Kier alpha value is -5.51. The molecule has 4 saturated carbocycles. The number of nitrogens with one attached hydrogen (secondary N) is 2. The van der Waals surface area contributed by atoms with Gasteiger partial charge < -0.3 is 40.5 Å². The summed E-state index contributed by atoms with van der Waals surface area (Å²) in [5.74, 6) is 0.306. The lowest BCUT2D eigenvalue weighted by Gasteiger charge is -2.62. The van der Waals surface area contributed by atoms with Crippen LogP contribution in [0.3, 0.4) is 0 Å². The zero-order chi connectivity index (χ0) is 58.4. The maximum Gasteiger partial charge on any atom is 0.415 e. The van der Waals surface area contributed by atoms with E-state index in [0.717, 1.165) is 51.4 Å². The lowest BCUT2D eigenvalue weighted by Crippen LogP contribution is -2.58. The van der Waals surface area contributed by atoms with E-state index in [2.05, 4.69) is 36.4 Å². The zero-order valence-electron chi connectivity index (χ0n) is 48.8. The molecular weight excluding hydrogens is 1040 g/mol. The van der Waals surface area contributed by atoms with Crippen molar-refractivity contribution >= 4 is 62.9 Å². The molecular formula is C62H88N6O11S. The second kappa shape index (κ2) is 26.2. The van der Waals surface area contributed by atoms with Crippen LogP contribution in [-0.4, -0.2) is 123 Å². The lowest BCUT2D eigenvalue weighted by molar-refractivity contribution is -0.174. The molecule has 0 bridgehead atoms. The molecule has 3 unspecified atom stereocenters. The van der Waals surface area contributed by atoms with Crippen LogP contribution in [-0.2, 0) is 28.8 Å². The van der Waals surface area contributed by atoms with Crippen LogP contribution < -0.4 is 15.4 Å². The third-order valence-electron chi connectivity index (χ3n) is 20.0. The quantitative estimate of drug-likeness (QED) is 0.0485. The Kier molecular flexibility index (Phi) is 20.3. The summed E-state index contributed by atoms with van der Waals surface area (Å²) < 4.78 is 6.48. The van der Waals surface area contributed by atoms with E-state index in [9.17, 15) is 54.1 Å². The number of amides is 4. The molecule has 5 N–H and O–H groups in total. The highest BCUT2D eigenvalue weighted by molar-refractivity contribution is 7.19. The fraction of sp³-hybridized carbons (Fsp3) is 0.694. The first-order chi connectivity index (χ1) is 37.8. The number of aliphatic hydroxyl groups excluding tert-OH is 2. The average molecular weight is 1130 g/mol. The number of Topliss-reactive ketones (excluding diaryl/α,β-unsaturated/α-hetero) is 2. The van der Waals surface area contributed by atoms with E-state index in [0.29, 0.717) is 101 Å². The van der Waals surface area contributed by atoms with E-state index in [1.165, 1.54) is 21.1 Å².